The fourth-order valence-corrected chi connectivity index (χ4v) is 3.26. The molecule has 3 nitrogen and oxygen atoms in total. The average molecular weight is 224 g/mol. The van der Waals surface area contributed by atoms with Crippen LogP contribution >= 0.6 is 0 Å². The van der Waals surface area contributed by atoms with Gasteiger partial charge < -0.3 is 9.53 Å². The number of hydrogen-bond donors (Lipinski definition) is 0. The summed E-state index contributed by atoms with van der Waals surface area (Å²) < 4.78 is 5.24. The number of esters is 1. The summed E-state index contributed by atoms with van der Waals surface area (Å²) in [5, 5.41) is 0. The predicted octanol–water partition coefficient (Wildman–Crippen LogP) is 2.33. The average Bonchev–Trinajstić information content (AvgIpc) is 2.89. The van der Waals surface area contributed by atoms with Crippen LogP contribution < -0.4 is 0 Å². The summed E-state index contributed by atoms with van der Waals surface area (Å²) in [6, 6.07) is 0. The molecule has 0 aromatic carbocycles. The predicted molar refractivity (Wildman–Crippen MR) is 59.8 cm³/mol. The van der Waals surface area contributed by atoms with Crippen molar-refractivity contribution < 1.29 is 14.3 Å². The Morgan fingerprint density at radius 1 is 1.50 bits per heavy atom. The van der Waals surface area contributed by atoms with Crippen LogP contribution in [0.1, 0.15) is 45.4 Å². The molecule has 0 aromatic rings. The molecule has 0 spiro atoms. The molecule has 0 aliphatic heterocycles. The van der Waals surface area contributed by atoms with Gasteiger partial charge in [-0.3, -0.25) is 4.79 Å². The van der Waals surface area contributed by atoms with Gasteiger partial charge in [0.05, 0.1) is 6.61 Å². The van der Waals surface area contributed by atoms with Crippen LogP contribution in [0, 0.1) is 17.3 Å². The zero-order valence-electron chi connectivity index (χ0n) is 9.91. The van der Waals surface area contributed by atoms with Gasteiger partial charge in [0.1, 0.15) is 11.7 Å². The van der Waals surface area contributed by atoms with Gasteiger partial charge in [0, 0.05) is 0 Å². The van der Waals surface area contributed by atoms with Crippen molar-refractivity contribution in [2.45, 2.75) is 45.4 Å². The maximum absolute atomic E-state index is 12.0. The van der Waals surface area contributed by atoms with Gasteiger partial charge in [-0.25, -0.2) is 0 Å². The second kappa shape index (κ2) is 4.56. The highest BCUT2D eigenvalue weighted by Crippen LogP contribution is 2.55. The van der Waals surface area contributed by atoms with Crippen LogP contribution in [0.2, 0.25) is 0 Å². The molecule has 0 N–H and O–H groups in total. The number of ether oxygens (including phenoxy) is 1. The van der Waals surface area contributed by atoms with Gasteiger partial charge in [0.2, 0.25) is 0 Å². The van der Waals surface area contributed by atoms with Gasteiger partial charge in [-0.15, -0.1) is 0 Å². The third-order valence-corrected chi connectivity index (χ3v) is 4.22. The molecule has 2 rings (SSSR count). The van der Waals surface area contributed by atoms with Crippen molar-refractivity contribution in [1.82, 2.24) is 0 Å². The van der Waals surface area contributed by atoms with Crippen LogP contribution in [-0.2, 0) is 14.3 Å². The Hall–Kier alpha value is -0.860. The minimum absolute atomic E-state index is 0.254. The zero-order chi connectivity index (χ0) is 11.6. The largest absolute Gasteiger partial charge is 0.465 e. The molecule has 3 heteroatoms. The van der Waals surface area contributed by atoms with Crippen LogP contribution in [0.4, 0.5) is 0 Å². The standard InChI is InChI=1S/C13H20O3/c1-2-3-6-16-12(15)13(9-14)8-10-4-5-11(13)7-10/h9-11H,2-8H2,1H3. The van der Waals surface area contributed by atoms with Gasteiger partial charge in [-0.1, -0.05) is 19.8 Å². The molecule has 3 unspecified atom stereocenters. The van der Waals surface area contributed by atoms with Crippen molar-refractivity contribution in [2.24, 2.45) is 17.3 Å². The Labute approximate surface area is 96.5 Å². The van der Waals surface area contributed by atoms with E-state index < -0.39 is 5.41 Å². The van der Waals surface area contributed by atoms with Crippen LogP contribution in [-0.4, -0.2) is 18.9 Å². The number of fused-ring (bicyclic) bond motifs is 2. The summed E-state index contributed by atoms with van der Waals surface area (Å²) in [5.41, 5.74) is -0.781. The molecule has 2 aliphatic carbocycles. The summed E-state index contributed by atoms with van der Waals surface area (Å²) in [6.45, 7) is 2.52. The van der Waals surface area contributed by atoms with Crippen LogP contribution in [0.3, 0.4) is 0 Å². The number of rotatable bonds is 5. The summed E-state index contributed by atoms with van der Waals surface area (Å²) >= 11 is 0. The molecule has 2 saturated carbocycles. The summed E-state index contributed by atoms with van der Waals surface area (Å²) in [6.07, 6.45) is 6.73. The number of unbranched alkanes of at least 4 members (excludes halogenated alkanes) is 1. The van der Waals surface area contributed by atoms with E-state index in [1.807, 2.05) is 0 Å². The number of carbonyl (C=O) groups is 2. The van der Waals surface area contributed by atoms with Crippen molar-refractivity contribution in [3.8, 4) is 0 Å². The summed E-state index contributed by atoms with van der Waals surface area (Å²) in [4.78, 5) is 23.3. The van der Waals surface area contributed by atoms with Crippen molar-refractivity contribution in [2.75, 3.05) is 6.61 Å². The normalized spacial score (nSPS) is 36.3. The van der Waals surface area contributed by atoms with Crippen LogP contribution in [0.5, 0.6) is 0 Å². The van der Waals surface area contributed by atoms with E-state index in [2.05, 4.69) is 6.92 Å². The second-order valence-electron chi connectivity index (χ2n) is 5.23. The first kappa shape index (κ1) is 11.6. The van der Waals surface area contributed by atoms with Crippen molar-refractivity contribution in [1.29, 1.82) is 0 Å². The van der Waals surface area contributed by atoms with Gasteiger partial charge in [-0.05, 0) is 37.5 Å². The second-order valence-corrected chi connectivity index (χ2v) is 5.23. The number of carbonyl (C=O) groups excluding carboxylic acids is 2. The van der Waals surface area contributed by atoms with E-state index in [-0.39, 0.29) is 11.9 Å². The Morgan fingerprint density at radius 3 is 2.81 bits per heavy atom. The third-order valence-electron chi connectivity index (χ3n) is 4.22. The first-order valence-electron chi connectivity index (χ1n) is 6.36. The monoisotopic (exact) mass is 224 g/mol. The van der Waals surface area contributed by atoms with Gasteiger partial charge in [0.15, 0.2) is 0 Å². The Bertz CT molecular complexity index is 287. The van der Waals surface area contributed by atoms with E-state index in [9.17, 15) is 9.59 Å². The highest BCUT2D eigenvalue weighted by atomic mass is 16.5. The lowest BCUT2D eigenvalue weighted by Gasteiger charge is -2.29. The molecular weight excluding hydrogens is 204 g/mol. The Balaban J connectivity index is 1.99. The fourth-order valence-electron chi connectivity index (χ4n) is 3.26. The maximum atomic E-state index is 12.0. The molecule has 2 bridgehead atoms. The molecule has 2 fully saturated rings. The fraction of sp³-hybridized carbons (Fsp3) is 0.846. The molecule has 90 valence electrons. The van der Waals surface area contributed by atoms with E-state index in [1.165, 1.54) is 6.42 Å². The summed E-state index contributed by atoms with van der Waals surface area (Å²) in [5.74, 6) is 0.571. The highest BCUT2D eigenvalue weighted by Gasteiger charge is 2.56. The van der Waals surface area contributed by atoms with Crippen LogP contribution in [0.25, 0.3) is 0 Å². The minimum Gasteiger partial charge on any atom is -0.465 e. The van der Waals surface area contributed by atoms with E-state index in [4.69, 9.17) is 4.74 Å². The quantitative estimate of drug-likeness (QED) is 0.311. The Kier molecular flexibility index (Phi) is 3.31. The molecule has 0 heterocycles. The number of aldehydes is 1. The van der Waals surface area contributed by atoms with Crippen molar-refractivity contribution in [3.63, 3.8) is 0 Å². The highest BCUT2D eigenvalue weighted by molar-refractivity contribution is 5.94. The van der Waals surface area contributed by atoms with Crippen LogP contribution in [0.15, 0.2) is 0 Å². The maximum Gasteiger partial charge on any atom is 0.319 e. The molecule has 0 amide bonds. The lowest BCUT2D eigenvalue weighted by Crippen LogP contribution is -2.39. The van der Waals surface area contributed by atoms with Gasteiger partial charge in [-0.2, -0.15) is 0 Å². The lowest BCUT2D eigenvalue weighted by atomic mass is 9.74. The van der Waals surface area contributed by atoms with E-state index >= 15 is 0 Å². The topological polar surface area (TPSA) is 43.4 Å². The first-order valence-corrected chi connectivity index (χ1v) is 6.36. The lowest BCUT2D eigenvalue weighted by molar-refractivity contribution is -0.161. The molecule has 3 atom stereocenters. The zero-order valence-corrected chi connectivity index (χ0v) is 9.91. The SMILES string of the molecule is CCCCOC(=O)C1(C=O)CC2CCC1C2. The molecule has 0 aromatic heterocycles. The smallest absolute Gasteiger partial charge is 0.319 e. The third kappa shape index (κ3) is 1.76. The molecule has 2 aliphatic rings. The molecule has 0 saturated heterocycles. The van der Waals surface area contributed by atoms with Gasteiger partial charge in [0.25, 0.3) is 0 Å². The molecule has 0 radical (unpaired) electrons. The summed E-state index contributed by atoms with van der Waals surface area (Å²) in [7, 11) is 0. The Morgan fingerprint density at radius 2 is 2.31 bits per heavy atom. The van der Waals surface area contributed by atoms with E-state index in [0.29, 0.717) is 12.5 Å². The molecular formula is C13H20O3. The van der Waals surface area contributed by atoms with E-state index in [1.54, 1.807) is 0 Å². The number of hydrogen-bond acceptors (Lipinski definition) is 3. The van der Waals surface area contributed by atoms with Crippen molar-refractivity contribution in [3.05, 3.63) is 0 Å². The van der Waals surface area contributed by atoms with Gasteiger partial charge >= 0.3 is 5.97 Å². The minimum atomic E-state index is -0.781. The van der Waals surface area contributed by atoms with Crippen molar-refractivity contribution >= 4 is 12.3 Å². The first-order chi connectivity index (χ1) is 7.73. The molecule has 16 heavy (non-hydrogen) atoms. The van der Waals surface area contributed by atoms with E-state index in [0.717, 1.165) is 38.4 Å².